The number of amides is 2. The number of aryl methyl sites for hydroxylation is 1. The van der Waals surface area contributed by atoms with Gasteiger partial charge in [-0.2, -0.15) is 0 Å². The van der Waals surface area contributed by atoms with Crippen LogP contribution in [0.25, 0.3) is 0 Å². The van der Waals surface area contributed by atoms with Gasteiger partial charge in [-0.05, 0) is 60.9 Å². The predicted octanol–water partition coefficient (Wildman–Crippen LogP) is 2.72. The normalized spacial score (nSPS) is 17.0. The summed E-state index contributed by atoms with van der Waals surface area (Å²) < 4.78 is 27.8. The summed E-state index contributed by atoms with van der Waals surface area (Å²) in [5, 5.41) is 2.75. The molecule has 1 saturated heterocycles. The molecule has 1 fully saturated rings. The van der Waals surface area contributed by atoms with Crippen molar-refractivity contribution in [2.45, 2.75) is 43.4 Å². The molecule has 2 N–H and O–H groups in total. The lowest BCUT2D eigenvalue weighted by Gasteiger charge is -2.32. The first-order valence-corrected chi connectivity index (χ1v) is 12.6. The molecule has 32 heavy (non-hydrogen) atoms. The minimum atomic E-state index is -3.71. The van der Waals surface area contributed by atoms with E-state index in [1.807, 2.05) is 11.0 Å². The van der Waals surface area contributed by atoms with Crippen LogP contribution in [-0.4, -0.2) is 44.8 Å². The standard InChI is InChI=1S/C24H29N3O4S/c28-23-9-6-20-17-21(7-8-22(20)26-23)32(30,31)25-13-10-24(29)27-14-11-19(12-15-27)16-18-4-2-1-3-5-18/h1-5,7-8,17,19,25H,6,9-16H2,(H,26,28). The van der Waals surface area contributed by atoms with Crippen LogP contribution in [0.15, 0.2) is 53.4 Å². The van der Waals surface area contributed by atoms with Gasteiger partial charge in [-0.25, -0.2) is 13.1 Å². The zero-order valence-electron chi connectivity index (χ0n) is 18.0. The lowest BCUT2D eigenvalue weighted by atomic mass is 9.90. The van der Waals surface area contributed by atoms with Crippen molar-refractivity contribution < 1.29 is 18.0 Å². The van der Waals surface area contributed by atoms with E-state index in [1.54, 1.807) is 12.1 Å². The molecule has 4 rings (SSSR count). The van der Waals surface area contributed by atoms with Crippen molar-refractivity contribution in [3.63, 3.8) is 0 Å². The lowest BCUT2D eigenvalue weighted by Crippen LogP contribution is -2.40. The largest absolute Gasteiger partial charge is 0.343 e. The van der Waals surface area contributed by atoms with Crippen LogP contribution in [0.2, 0.25) is 0 Å². The van der Waals surface area contributed by atoms with Gasteiger partial charge in [-0.1, -0.05) is 30.3 Å². The van der Waals surface area contributed by atoms with E-state index in [4.69, 9.17) is 0 Å². The smallest absolute Gasteiger partial charge is 0.240 e. The quantitative estimate of drug-likeness (QED) is 0.671. The summed E-state index contributed by atoms with van der Waals surface area (Å²) in [5.41, 5.74) is 2.80. The first-order chi connectivity index (χ1) is 15.4. The van der Waals surface area contributed by atoms with Crippen LogP contribution in [0.1, 0.15) is 36.8 Å². The number of rotatable bonds is 7. The zero-order chi connectivity index (χ0) is 22.6. The molecule has 2 amide bonds. The third-order valence-corrected chi connectivity index (χ3v) is 7.71. The maximum Gasteiger partial charge on any atom is 0.240 e. The van der Waals surface area contributed by atoms with Crippen LogP contribution in [-0.2, 0) is 32.5 Å². The Morgan fingerprint density at radius 3 is 2.56 bits per heavy atom. The van der Waals surface area contributed by atoms with E-state index in [9.17, 15) is 18.0 Å². The number of carbonyl (C=O) groups is 2. The van der Waals surface area contributed by atoms with Crippen LogP contribution < -0.4 is 10.0 Å². The molecular weight excluding hydrogens is 426 g/mol. The number of piperidine rings is 1. The van der Waals surface area contributed by atoms with E-state index in [1.165, 1.54) is 11.6 Å². The van der Waals surface area contributed by atoms with Gasteiger partial charge < -0.3 is 10.2 Å². The molecule has 2 aliphatic rings. The molecule has 8 heteroatoms. The van der Waals surface area contributed by atoms with Gasteiger partial charge in [0.25, 0.3) is 0 Å². The van der Waals surface area contributed by atoms with E-state index in [-0.39, 0.29) is 29.7 Å². The summed E-state index contributed by atoms with van der Waals surface area (Å²) in [6, 6.07) is 15.1. The van der Waals surface area contributed by atoms with Gasteiger partial charge in [0, 0.05) is 38.2 Å². The van der Waals surface area contributed by atoms with Gasteiger partial charge in [-0.3, -0.25) is 9.59 Å². The van der Waals surface area contributed by atoms with E-state index in [2.05, 4.69) is 34.3 Å². The molecule has 0 saturated carbocycles. The Bertz CT molecular complexity index is 1080. The number of carbonyl (C=O) groups excluding carboxylic acids is 2. The number of likely N-dealkylation sites (tertiary alicyclic amines) is 1. The molecule has 0 bridgehead atoms. The fraction of sp³-hybridized carbons (Fsp3) is 0.417. The number of anilines is 1. The van der Waals surface area contributed by atoms with Gasteiger partial charge in [0.15, 0.2) is 0 Å². The minimum Gasteiger partial charge on any atom is -0.343 e. The highest BCUT2D eigenvalue weighted by atomic mass is 32.2. The monoisotopic (exact) mass is 455 g/mol. The second-order valence-electron chi connectivity index (χ2n) is 8.53. The summed E-state index contributed by atoms with van der Waals surface area (Å²) in [5.74, 6) is 0.501. The number of nitrogens with one attached hydrogen (secondary N) is 2. The maximum absolute atomic E-state index is 12.6. The molecule has 0 unspecified atom stereocenters. The highest BCUT2D eigenvalue weighted by Crippen LogP contribution is 2.25. The second kappa shape index (κ2) is 9.83. The average Bonchev–Trinajstić information content (AvgIpc) is 2.79. The summed E-state index contributed by atoms with van der Waals surface area (Å²) in [6.45, 7) is 1.51. The van der Waals surface area contributed by atoms with E-state index < -0.39 is 10.0 Å². The molecule has 7 nitrogen and oxygen atoms in total. The molecule has 0 atom stereocenters. The first-order valence-electron chi connectivity index (χ1n) is 11.1. The van der Waals surface area contributed by atoms with Gasteiger partial charge in [-0.15, -0.1) is 0 Å². The Morgan fingerprint density at radius 1 is 1.06 bits per heavy atom. The second-order valence-corrected chi connectivity index (χ2v) is 10.3. The maximum atomic E-state index is 12.6. The summed E-state index contributed by atoms with van der Waals surface area (Å²) in [7, 11) is -3.71. The average molecular weight is 456 g/mol. The van der Waals surface area contributed by atoms with Crippen LogP contribution in [0.3, 0.4) is 0 Å². The first kappa shape index (κ1) is 22.5. The molecule has 0 radical (unpaired) electrons. The summed E-state index contributed by atoms with van der Waals surface area (Å²) in [6.07, 6.45) is 3.98. The molecule has 2 aromatic rings. The highest BCUT2D eigenvalue weighted by molar-refractivity contribution is 7.89. The van der Waals surface area contributed by atoms with Gasteiger partial charge in [0.2, 0.25) is 21.8 Å². The highest BCUT2D eigenvalue weighted by Gasteiger charge is 2.24. The third kappa shape index (κ3) is 5.55. The van der Waals surface area contributed by atoms with Crippen molar-refractivity contribution in [2.24, 2.45) is 5.92 Å². The SMILES string of the molecule is O=C1CCc2cc(S(=O)(=O)NCCC(=O)N3CCC(Cc4ccccc4)CC3)ccc2N1. The molecule has 0 aromatic heterocycles. The van der Waals surface area contributed by atoms with Crippen molar-refractivity contribution >= 4 is 27.5 Å². The van der Waals surface area contributed by atoms with Crippen LogP contribution >= 0.6 is 0 Å². The van der Waals surface area contributed by atoms with E-state index >= 15 is 0 Å². The number of fused-ring (bicyclic) bond motifs is 1. The van der Waals surface area contributed by atoms with Crippen molar-refractivity contribution in [2.75, 3.05) is 25.0 Å². The Balaban J connectivity index is 1.24. The van der Waals surface area contributed by atoms with Crippen molar-refractivity contribution in [3.05, 3.63) is 59.7 Å². The molecule has 2 aliphatic heterocycles. The predicted molar refractivity (Wildman–Crippen MR) is 123 cm³/mol. The fourth-order valence-corrected chi connectivity index (χ4v) is 5.48. The van der Waals surface area contributed by atoms with Crippen molar-refractivity contribution in [3.8, 4) is 0 Å². The van der Waals surface area contributed by atoms with E-state index in [0.29, 0.717) is 24.4 Å². The summed E-state index contributed by atoms with van der Waals surface area (Å²) >= 11 is 0. The Hall–Kier alpha value is -2.71. The molecule has 0 aliphatic carbocycles. The molecular formula is C24H29N3O4S. The number of hydrogen-bond donors (Lipinski definition) is 2. The lowest BCUT2D eigenvalue weighted by molar-refractivity contribution is -0.132. The van der Waals surface area contributed by atoms with Crippen molar-refractivity contribution in [1.82, 2.24) is 9.62 Å². The van der Waals surface area contributed by atoms with Gasteiger partial charge in [0.05, 0.1) is 4.90 Å². The Morgan fingerprint density at radius 2 is 1.81 bits per heavy atom. The zero-order valence-corrected chi connectivity index (χ0v) is 18.9. The molecule has 2 aromatic carbocycles. The number of sulfonamides is 1. The van der Waals surface area contributed by atoms with Gasteiger partial charge >= 0.3 is 0 Å². The van der Waals surface area contributed by atoms with Crippen molar-refractivity contribution in [1.29, 1.82) is 0 Å². The van der Waals surface area contributed by atoms with Crippen LogP contribution in [0.5, 0.6) is 0 Å². The molecule has 170 valence electrons. The van der Waals surface area contributed by atoms with E-state index in [0.717, 1.165) is 37.9 Å². The third-order valence-electron chi connectivity index (χ3n) is 6.25. The van der Waals surface area contributed by atoms with Crippen LogP contribution in [0.4, 0.5) is 5.69 Å². The fourth-order valence-electron chi connectivity index (χ4n) is 4.39. The molecule has 0 spiro atoms. The number of nitrogens with zero attached hydrogens (tertiary/aromatic N) is 1. The number of hydrogen-bond acceptors (Lipinski definition) is 4. The molecule has 2 heterocycles. The van der Waals surface area contributed by atoms with Gasteiger partial charge in [0.1, 0.15) is 0 Å². The minimum absolute atomic E-state index is 0.0148. The number of benzene rings is 2. The Kier molecular flexibility index (Phi) is 6.91. The summed E-state index contributed by atoms with van der Waals surface area (Å²) in [4.78, 5) is 26.0. The van der Waals surface area contributed by atoms with Crippen LogP contribution in [0, 0.1) is 5.92 Å². The Labute approximate surface area is 189 Å². The topological polar surface area (TPSA) is 95.6 Å².